The minimum Gasteiger partial charge on any atom is -0.409 e. The summed E-state index contributed by atoms with van der Waals surface area (Å²) in [6, 6.07) is 0.201. The third-order valence-electron chi connectivity index (χ3n) is 3.70. The van der Waals surface area contributed by atoms with E-state index in [0.717, 1.165) is 39.0 Å². The number of oxime groups is 1. The molecule has 8 nitrogen and oxygen atoms in total. The second kappa shape index (κ2) is 7.30. The Morgan fingerprint density at radius 1 is 1.30 bits per heavy atom. The molecule has 8 heteroatoms. The number of ether oxygens (including phenoxy) is 1. The molecule has 1 unspecified atom stereocenters. The molecule has 2 saturated heterocycles. The summed E-state index contributed by atoms with van der Waals surface area (Å²) in [5.41, 5.74) is 5.48. The molecule has 0 saturated carbocycles. The highest BCUT2D eigenvalue weighted by Gasteiger charge is 2.23. The van der Waals surface area contributed by atoms with Crippen LogP contribution in [0.3, 0.4) is 0 Å². The van der Waals surface area contributed by atoms with E-state index in [9.17, 15) is 4.79 Å². The second-order valence-electron chi connectivity index (χ2n) is 5.32. The van der Waals surface area contributed by atoms with Crippen molar-refractivity contribution in [3.63, 3.8) is 0 Å². The van der Waals surface area contributed by atoms with Crippen molar-refractivity contribution in [1.82, 2.24) is 15.5 Å². The number of nitrogens with two attached hydrogens (primary N) is 1. The Morgan fingerprint density at radius 2 is 2.00 bits per heavy atom. The van der Waals surface area contributed by atoms with E-state index >= 15 is 0 Å². The van der Waals surface area contributed by atoms with Gasteiger partial charge in [0, 0.05) is 25.7 Å². The third kappa shape index (κ3) is 4.53. The van der Waals surface area contributed by atoms with Crippen LogP contribution in [0.25, 0.3) is 0 Å². The van der Waals surface area contributed by atoms with Gasteiger partial charge in [-0.3, -0.25) is 4.90 Å². The zero-order valence-corrected chi connectivity index (χ0v) is 11.5. The number of piperidine rings is 1. The van der Waals surface area contributed by atoms with Crippen LogP contribution in [0.2, 0.25) is 0 Å². The van der Waals surface area contributed by atoms with Gasteiger partial charge in [0.05, 0.1) is 19.2 Å². The van der Waals surface area contributed by atoms with Gasteiger partial charge in [0.1, 0.15) is 0 Å². The lowest BCUT2D eigenvalue weighted by Gasteiger charge is -2.32. The van der Waals surface area contributed by atoms with E-state index in [-0.39, 0.29) is 24.0 Å². The van der Waals surface area contributed by atoms with Crippen LogP contribution >= 0.6 is 0 Å². The van der Waals surface area contributed by atoms with Gasteiger partial charge in [-0.15, -0.1) is 0 Å². The van der Waals surface area contributed by atoms with E-state index in [2.05, 4.69) is 20.7 Å². The number of amidine groups is 1. The van der Waals surface area contributed by atoms with E-state index in [1.54, 1.807) is 0 Å². The van der Waals surface area contributed by atoms with Crippen LogP contribution in [-0.2, 0) is 4.74 Å². The maximum atomic E-state index is 11.8. The summed E-state index contributed by atoms with van der Waals surface area (Å²) in [6.45, 7) is 3.44. The van der Waals surface area contributed by atoms with Crippen LogP contribution in [0.5, 0.6) is 0 Å². The van der Waals surface area contributed by atoms with Crippen molar-refractivity contribution in [2.45, 2.75) is 31.3 Å². The minimum absolute atomic E-state index is 0.115. The fourth-order valence-corrected chi connectivity index (χ4v) is 2.56. The molecule has 20 heavy (non-hydrogen) atoms. The van der Waals surface area contributed by atoms with Gasteiger partial charge in [0.2, 0.25) is 0 Å². The summed E-state index contributed by atoms with van der Waals surface area (Å²) in [5.74, 6) is 0.218. The number of carbonyl (C=O) groups excluding carboxylic acids is 1. The normalized spacial score (nSPS) is 25.6. The molecular weight excluding hydrogens is 262 g/mol. The Labute approximate surface area is 118 Å². The molecule has 2 heterocycles. The second-order valence-corrected chi connectivity index (χ2v) is 5.32. The number of hydrogen-bond donors (Lipinski definition) is 4. The Hall–Kier alpha value is -1.54. The summed E-state index contributed by atoms with van der Waals surface area (Å²) in [7, 11) is 0. The standard InChI is InChI=1S/C12H23N5O3/c13-11(16-19)7-17-4-1-9(2-5-17)14-12(18)15-10-3-6-20-8-10/h9-10,19H,1-8H2,(H2,13,16)(H2,14,15,18). The van der Waals surface area contributed by atoms with Crippen LogP contribution in [-0.4, -0.2) is 66.9 Å². The summed E-state index contributed by atoms with van der Waals surface area (Å²) < 4.78 is 5.22. The van der Waals surface area contributed by atoms with Crippen LogP contribution in [0.4, 0.5) is 4.79 Å². The van der Waals surface area contributed by atoms with Gasteiger partial charge in [0.15, 0.2) is 5.84 Å². The van der Waals surface area contributed by atoms with Crippen molar-refractivity contribution in [3.8, 4) is 0 Å². The summed E-state index contributed by atoms with van der Waals surface area (Å²) in [6.07, 6.45) is 2.62. The molecule has 0 aliphatic carbocycles. The summed E-state index contributed by atoms with van der Waals surface area (Å²) >= 11 is 0. The average molecular weight is 285 g/mol. The molecule has 2 aliphatic rings. The van der Waals surface area contributed by atoms with E-state index in [4.69, 9.17) is 15.7 Å². The van der Waals surface area contributed by atoms with Gasteiger partial charge >= 0.3 is 6.03 Å². The molecule has 2 rings (SSSR count). The van der Waals surface area contributed by atoms with Crippen molar-refractivity contribution in [3.05, 3.63) is 0 Å². The number of nitrogens with one attached hydrogen (secondary N) is 2. The molecule has 0 bridgehead atoms. The van der Waals surface area contributed by atoms with Crippen molar-refractivity contribution in [2.75, 3.05) is 32.8 Å². The first-order valence-corrected chi connectivity index (χ1v) is 7.01. The summed E-state index contributed by atoms with van der Waals surface area (Å²) in [4.78, 5) is 13.9. The Balaban J connectivity index is 1.64. The third-order valence-corrected chi connectivity index (χ3v) is 3.70. The van der Waals surface area contributed by atoms with Gasteiger partial charge in [-0.05, 0) is 19.3 Å². The predicted molar refractivity (Wildman–Crippen MR) is 73.8 cm³/mol. The number of likely N-dealkylation sites (tertiary alicyclic amines) is 1. The first kappa shape index (κ1) is 14.9. The zero-order valence-electron chi connectivity index (χ0n) is 11.5. The van der Waals surface area contributed by atoms with Gasteiger partial charge in [-0.25, -0.2) is 4.79 Å². The van der Waals surface area contributed by atoms with E-state index in [1.807, 2.05) is 0 Å². The molecule has 0 spiro atoms. The van der Waals surface area contributed by atoms with Gasteiger partial charge in [0.25, 0.3) is 0 Å². The van der Waals surface area contributed by atoms with Crippen LogP contribution in [0.15, 0.2) is 5.16 Å². The zero-order chi connectivity index (χ0) is 14.4. The largest absolute Gasteiger partial charge is 0.409 e. The van der Waals surface area contributed by atoms with Crippen LogP contribution in [0.1, 0.15) is 19.3 Å². The number of nitrogens with zero attached hydrogens (tertiary/aromatic N) is 2. The van der Waals surface area contributed by atoms with E-state index in [0.29, 0.717) is 13.2 Å². The lowest BCUT2D eigenvalue weighted by molar-refractivity contribution is 0.185. The number of amides is 2. The molecule has 0 aromatic heterocycles. The average Bonchev–Trinajstić information content (AvgIpc) is 2.93. The van der Waals surface area contributed by atoms with Crippen LogP contribution in [0, 0.1) is 0 Å². The lowest BCUT2D eigenvalue weighted by atomic mass is 10.1. The number of carbonyl (C=O) groups is 1. The highest BCUT2D eigenvalue weighted by molar-refractivity contribution is 5.81. The molecule has 2 fully saturated rings. The Kier molecular flexibility index (Phi) is 5.42. The van der Waals surface area contributed by atoms with Gasteiger partial charge in [-0.1, -0.05) is 5.16 Å². The summed E-state index contributed by atoms with van der Waals surface area (Å²) in [5, 5.41) is 17.4. The Morgan fingerprint density at radius 3 is 2.60 bits per heavy atom. The number of urea groups is 1. The van der Waals surface area contributed by atoms with Crippen molar-refractivity contribution >= 4 is 11.9 Å². The van der Waals surface area contributed by atoms with Crippen LogP contribution < -0.4 is 16.4 Å². The fourth-order valence-electron chi connectivity index (χ4n) is 2.56. The lowest BCUT2D eigenvalue weighted by Crippen LogP contribution is -2.51. The smallest absolute Gasteiger partial charge is 0.315 e. The molecule has 0 radical (unpaired) electrons. The molecule has 2 aliphatic heterocycles. The maximum absolute atomic E-state index is 11.8. The molecule has 1 atom stereocenters. The highest BCUT2D eigenvalue weighted by Crippen LogP contribution is 2.10. The van der Waals surface area contributed by atoms with E-state index in [1.165, 1.54) is 0 Å². The monoisotopic (exact) mass is 285 g/mol. The number of rotatable bonds is 4. The minimum atomic E-state index is -0.115. The molecular formula is C12H23N5O3. The molecule has 114 valence electrons. The molecule has 0 aromatic rings. The first-order valence-electron chi connectivity index (χ1n) is 7.01. The fraction of sp³-hybridized carbons (Fsp3) is 0.833. The molecule has 5 N–H and O–H groups in total. The maximum Gasteiger partial charge on any atom is 0.315 e. The van der Waals surface area contributed by atoms with Crippen molar-refractivity contribution in [1.29, 1.82) is 0 Å². The van der Waals surface area contributed by atoms with E-state index < -0.39 is 0 Å². The van der Waals surface area contributed by atoms with Crippen molar-refractivity contribution in [2.24, 2.45) is 10.9 Å². The molecule has 2 amide bonds. The SMILES string of the molecule is NC(CN1CCC(NC(=O)NC2CCOC2)CC1)=NO. The number of hydrogen-bond acceptors (Lipinski definition) is 5. The predicted octanol–water partition coefficient (Wildman–Crippen LogP) is -0.715. The topological polar surface area (TPSA) is 112 Å². The van der Waals surface area contributed by atoms with Gasteiger partial charge < -0.3 is 26.3 Å². The quantitative estimate of drug-likeness (QED) is 0.236. The van der Waals surface area contributed by atoms with Crippen molar-refractivity contribution < 1.29 is 14.7 Å². The molecule has 0 aromatic carbocycles. The Bertz CT molecular complexity index is 349. The first-order chi connectivity index (χ1) is 9.67. The highest BCUT2D eigenvalue weighted by atomic mass is 16.5. The van der Waals surface area contributed by atoms with Gasteiger partial charge in [-0.2, -0.15) is 0 Å².